The van der Waals surface area contributed by atoms with E-state index in [1.54, 1.807) is 4.90 Å². The zero-order valence-electron chi connectivity index (χ0n) is 12.2. The second kappa shape index (κ2) is 5.35. The van der Waals surface area contributed by atoms with E-state index in [-0.39, 0.29) is 24.5 Å². The maximum absolute atomic E-state index is 12.8. The van der Waals surface area contributed by atoms with Gasteiger partial charge >= 0.3 is 0 Å². The summed E-state index contributed by atoms with van der Waals surface area (Å²) in [6, 6.07) is 0. The Hall–Kier alpha value is -1.10. The van der Waals surface area contributed by atoms with E-state index in [0.29, 0.717) is 12.5 Å². The lowest BCUT2D eigenvalue weighted by Crippen LogP contribution is -2.67. The van der Waals surface area contributed by atoms with Gasteiger partial charge in [-0.2, -0.15) is 0 Å². The molecule has 0 bridgehead atoms. The van der Waals surface area contributed by atoms with Crippen LogP contribution in [0, 0.1) is 5.92 Å². The molecule has 0 radical (unpaired) electrons. The lowest BCUT2D eigenvalue weighted by molar-refractivity contribution is -0.152. The Bertz CT molecular complexity index is 404. The second-order valence-electron chi connectivity index (χ2n) is 6.50. The van der Waals surface area contributed by atoms with Crippen LogP contribution in [0.15, 0.2) is 0 Å². The SMILES string of the molecule is CC1OCCC1CN1CC(=O)NC2(CCCCC2)C1=O. The zero-order chi connectivity index (χ0) is 14.2. The molecule has 3 aliphatic rings. The number of nitrogens with one attached hydrogen (secondary N) is 1. The Balaban J connectivity index is 1.73. The fraction of sp³-hybridized carbons (Fsp3) is 0.867. The summed E-state index contributed by atoms with van der Waals surface area (Å²) in [5.74, 6) is 0.499. The molecule has 112 valence electrons. The van der Waals surface area contributed by atoms with Gasteiger partial charge < -0.3 is 15.0 Å². The van der Waals surface area contributed by atoms with Gasteiger partial charge in [-0.15, -0.1) is 0 Å². The number of piperazine rings is 1. The van der Waals surface area contributed by atoms with Crippen LogP contribution in [0.5, 0.6) is 0 Å². The molecule has 3 rings (SSSR count). The van der Waals surface area contributed by atoms with Crippen LogP contribution < -0.4 is 5.32 Å². The summed E-state index contributed by atoms with van der Waals surface area (Å²) in [6.07, 6.45) is 5.99. The van der Waals surface area contributed by atoms with Gasteiger partial charge in [0.25, 0.3) is 0 Å². The quantitative estimate of drug-likeness (QED) is 0.823. The number of amides is 2. The van der Waals surface area contributed by atoms with Crippen molar-refractivity contribution in [2.24, 2.45) is 5.92 Å². The normalized spacial score (nSPS) is 33.5. The molecule has 5 heteroatoms. The van der Waals surface area contributed by atoms with E-state index in [1.807, 2.05) is 0 Å². The fourth-order valence-corrected chi connectivity index (χ4v) is 3.85. The van der Waals surface area contributed by atoms with Crippen molar-refractivity contribution in [2.75, 3.05) is 19.7 Å². The molecule has 3 fully saturated rings. The predicted molar refractivity (Wildman–Crippen MR) is 74.1 cm³/mol. The van der Waals surface area contributed by atoms with Gasteiger partial charge in [-0.3, -0.25) is 9.59 Å². The number of ether oxygens (including phenoxy) is 1. The lowest BCUT2D eigenvalue weighted by atomic mass is 9.79. The molecular formula is C15H24N2O3. The van der Waals surface area contributed by atoms with Gasteiger partial charge in [0.15, 0.2) is 0 Å². The van der Waals surface area contributed by atoms with Crippen molar-refractivity contribution in [3.05, 3.63) is 0 Å². The van der Waals surface area contributed by atoms with Crippen LogP contribution in [-0.4, -0.2) is 48.1 Å². The van der Waals surface area contributed by atoms with Crippen LogP contribution in [-0.2, 0) is 14.3 Å². The molecule has 1 spiro atoms. The van der Waals surface area contributed by atoms with E-state index in [9.17, 15) is 9.59 Å². The van der Waals surface area contributed by atoms with Crippen molar-refractivity contribution in [3.8, 4) is 0 Å². The third kappa shape index (κ3) is 2.43. The number of hydrogen-bond acceptors (Lipinski definition) is 3. The van der Waals surface area contributed by atoms with Gasteiger partial charge in [0, 0.05) is 19.1 Å². The molecule has 20 heavy (non-hydrogen) atoms. The highest BCUT2D eigenvalue weighted by Crippen LogP contribution is 2.33. The number of hydrogen-bond donors (Lipinski definition) is 1. The molecule has 0 aromatic carbocycles. The van der Waals surface area contributed by atoms with Gasteiger partial charge in [-0.05, 0) is 26.2 Å². The highest BCUT2D eigenvalue weighted by atomic mass is 16.5. The highest BCUT2D eigenvalue weighted by Gasteiger charge is 2.47. The summed E-state index contributed by atoms with van der Waals surface area (Å²) in [7, 11) is 0. The van der Waals surface area contributed by atoms with E-state index in [1.165, 1.54) is 6.42 Å². The average Bonchev–Trinajstić information content (AvgIpc) is 2.82. The van der Waals surface area contributed by atoms with Crippen molar-refractivity contribution >= 4 is 11.8 Å². The lowest BCUT2D eigenvalue weighted by Gasteiger charge is -2.44. The van der Waals surface area contributed by atoms with Gasteiger partial charge in [0.05, 0.1) is 12.6 Å². The average molecular weight is 280 g/mol. The number of carbonyl (C=O) groups excluding carboxylic acids is 2. The minimum Gasteiger partial charge on any atom is -0.378 e. The van der Waals surface area contributed by atoms with E-state index in [0.717, 1.165) is 38.7 Å². The van der Waals surface area contributed by atoms with Crippen LogP contribution in [0.2, 0.25) is 0 Å². The molecule has 2 atom stereocenters. The predicted octanol–water partition coefficient (Wildman–Crippen LogP) is 1.07. The van der Waals surface area contributed by atoms with E-state index < -0.39 is 5.54 Å². The van der Waals surface area contributed by atoms with Gasteiger partial charge in [0.1, 0.15) is 5.54 Å². The van der Waals surface area contributed by atoms with E-state index in [2.05, 4.69) is 12.2 Å². The first kappa shape index (κ1) is 13.9. The molecule has 5 nitrogen and oxygen atoms in total. The van der Waals surface area contributed by atoms with Crippen molar-refractivity contribution in [1.82, 2.24) is 10.2 Å². The van der Waals surface area contributed by atoms with E-state index >= 15 is 0 Å². The van der Waals surface area contributed by atoms with Gasteiger partial charge in [-0.25, -0.2) is 0 Å². The summed E-state index contributed by atoms with van der Waals surface area (Å²) in [4.78, 5) is 26.6. The molecule has 0 aromatic heterocycles. The molecule has 1 saturated carbocycles. The number of carbonyl (C=O) groups is 2. The third-order valence-electron chi connectivity index (χ3n) is 5.11. The van der Waals surface area contributed by atoms with Crippen molar-refractivity contribution in [1.29, 1.82) is 0 Å². The first-order chi connectivity index (χ1) is 9.61. The van der Waals surface area contributed by atoms with Crippen molar-refractivity contribution in [3.63, 3.8) is 0 Å². The minimum atomic E-state index is -0.601. The Labute approximate surface area is 120 Å². The van der Waals surface area contributed by atoms with Gasteiger partial charge in [-0.1, -0.05) is 19.3 Å². The molecule has 2 aliphatic heterocycles. The molecular weight excluding hydrogens is 256 g/mol. The largest absolute Gasteiger partial charge is 0.378 e. The van der Waals surface area contributed by atoms with Crippen LogP contribution in [0.1, 0.15) is 45.4 Å². The number of nitrogens with zero attached hydrogens (tertiary/aromatic N) is 1. The Morgan fingerprint density at radius 2 is 2.05 bits per heavy atom. The minimum absolute atomic E-state index is 0.00179. The topological polar surface area (TPSA) is 58.6 Å². The zero-order valence-corrected chi connectivity index (χ0v) is 12.2. The van der Waals surface area contributed by atoms with Crippen molar-refractivity contribution < 1.29 is 14.3 Å². The molecule has 0 aromatic rings. The summed E-state index contributed by atoms with van der Waals surface area (Å²) >= 11 is 0. The van der Waals surface area contributed by atoms with Crippen LogP contribution >= 0.6 is 0 Å². The summed E-state index contributed by atoms with van der Waals surface area (Å²) in [6.45, 7) is 3.70. The maximum atomic E-state index is 12.8. The van der Waals surface area contributed by atoms with Crippen LogP contribution in [0.4, 0.5) is 0 Å². The van der Waals surface area contributed by atoms with Crippen LogP contribution in [0.25, 0.3) is 0 Å². The molecule has 2 unspecified atom stereocenters. The second-order valence-corrected chi connectivity index (χ2v) is 6.50. The molecule has 2 heterocycles. The molecule has 2 amide bonds. The Morgan fingerprint density at radius 3 is 2.70 bits per heavy atom. The summed E-state index contributed by atoms with van der Waals surface area (Å²) in [5.41, 5.74) is -0.601. The standard InChI is InChI=1S/C15H24N2O3/c1-11-12(5-8-20-11)9-17-10-13(18)16-15(14(17)19)6-3-2-4-7-15/h11-12H,2-10H2,1H3,(H,16,18). The molecule has 1 aliphatic carbocycles. The number of rotatable bonds is 2. The van der Waals surface area contributed by atoms with E-state index in [4.69, 9.17) is 4.74 Å². The fourth-order valence-electron chi connectivity index (χ4n) is 3.85. The first-order valence-electron chi connectivity index (χ1n) is 7.83. The highest BCUT2D eigenvalue weighted by molar-refractivity contribution is 5.98. The summed E-state index contributed by atoms with van der Waals surface area (Å²) in [5, 5.41) is 2.99. The molecule has 1 N–H and O–H groups in total. The Kier molecular flexibility index (Phi) is 3.71. The monoisotopic (exact) mass is 280 g/mol. The Morgan fingerprint density at radius 1 is 1.30 bits per heavy atom. The van der Waals surface area contributed by atoms with Crippen molar-refractivity contribution in [2.45, 2.75) is 57.1 Å². The molecule has 2 saturated heterocycles. The maximum Gasteiger partial charge on any atom is 0.248 e. The first-order valence-corrected chi connectivity index (χ1v) is 7.83. The smallest absolute Gasteiger partial charge is 0.248 e. The summed E-state index contributed by atoms with van der Waals surface area (Å²) < 4.78 is 5.57. The third-order valence-corrected chi connectivity index (χ3v) is 5.11. The van der Waals surface area contributed by atoms with Crippen LogP contribution in [0.3, 0.4) is 0 Å². The van der Waals surface area contributed by atoms with Gasteiger partial charge in [0.2, 0.25) is 11.8 Å².